The summed E-state index contributed by atoms with van der Waals surface area (Å²) in [4.78, 5) is 13.5. The maximum absolute atomic E-state index is 12.3. The molecule has 1 fully saturated rings. The molecule has 0 unspecified atom stereocenters. The molecule has 2 aromatic rings. The van der Waals surface area contributed by atoms with Crippen molar-refractivity contribution in [3.05, 3.63) is 41.8 Å². The van der Waals surface area contributed by atoms with Gasteiger partial charge < -0.3 is 10.1 Å². The van der Waals surface area contributed by atoms with E-state index in [9.17, 15) is 4.79 Å². The number of benzene rings is 1. The fraction of sp³-hybridized carbons (Fsp3) is 0.312. The van der Waals surface area contributed by atoms with Crippen LogP contribution in [0.5, 0.6) is 0 Å². The summed E-state index contributed by atoms with van der Waals surface area (Å²) in [6.07, 6.45) is 1.63. The van der Waals surface area contributed by atoms with Gasteiger partial charge in [-0.3, -0.25) is 4.79 Å². The molecule has 1 aliphatic heterocycles. The van der Waals surface area contributed by atoms with E-state index in [-0.39, 0.29) is 11.8 Å². The van der Waals surface area contributed by atoms with Crippen molar-refractivity contribution in [1.29, 1.82) is 0 Å². The van der Waals surface area contributed by atoms with E-state index in [1.165, 1.54) is 4.88 Å². The molecule has 1 amide bonds. The van der Waals surface area contributed by atoms with E-state index >= 15 is 0 Å². The molecule has 1 aromatic carbocycles. The van der Waals surface area contributed by atoms with Crippen molar-refractivity contribution in [1.82, 2.24) is 0 Å². The smallest absolute Gasteiger partial charge is 0.227 e. The first-order chi connectivity index (χ1) is 9.84. The van der Waals surface area contributed by atoms with Gasteiger partial charge in [-0.05, 0) is 30.4 Å². The van der Waals surface area contributed by atoms with Crippen molar-refractivity contribution in [2.24, 2.45) is 5.92 Å². The van der Waals surface area contributed by atoms with Gasteiger partial charge in [0.05, 0.1) is 0 Å². The normalized spacial score (nSPS) is 16.0. The largest absolute Gasteiger partial charge is 0.381 e. The number of carbonyl (C=O) groups is 1. The number of hydrogen-bond acceptors (Lipinski definition) is 3. The van der Waals surface area contributed by atoms with Crippen molar-refractivity contribution < 1.29 is 9.53 Å². The minimum absolute atomic E-state index is 0.0696. The first-order valence-corrected chi connectivity index (χ1v) is 7.74. The highest BCUT2D eigenvalue weighted by molar-refractivity contribution is 7.13. The summed E-state index contributed by atoms with van der Waals surface area (Å²) in [5.41, 5.74) is 1.98. The third-order valence-electron chi connectivity index (χ3n) is 3.56. The first-order valence-electron chi connectivity index (χ1n) is 6.86. The van der Waals surface area contributed by atoms with Crippen molar-refractivity contribution in [3.63, 3.8) is 0 Å². The quantitative estimate of drug-likeness (QED) is 0.933. The van der Waals surface area contributed by atoms with Crippen LogP contribution in [0.2, 0.25) is 0 Å². The molecule has 1 aliphatic rings. The highest BCUT2D eigenvalue weighted by Crippen LogP contribution is 2.32. The molecule has 0 atom stereocenters. The van der Waals surface area contributed by atoms with Crippen LogP contribution < -0.4 is 5.32 Å². The van der Waals surface area contributed by atoms with Crippen molar-refractivity contribution >= 4 is 22.9 Å². The van der Waals surface area contributed by atoms with Crippen LogP contribution in [0.15, 0.2) is 41.8 Å². The van der Waals surface area contributed by atoms with E-state index in [0.717, 1.165) is 24.1 Å². The fourth-order valence-electron chi connectivity index (χ4n) is 2.43. The number of anilines is 1. The summed E-state index contributed by atoms with van der Waals surface area (Å²) in [6, 6.07) is 12.1. The second-order valence-electron chi connectivity index (χ2n) is 4.90. The Morgan fingerprint density at radius 2 is 1.95 bits per heavy atom. The zero-order valence-electron chi connectivity index (χ0n) is 11.2. The van der Waals surface area contributed by atoms with Gasteiger partial charge in [0.15, 0.2) is 0 Å². The van der Waals surface area contributed by atoms with Crippen molar-refractivity contribution in [3.8, 4) is 10.4 Å². The SMILES string of the molecule is O=C(Nc1ccccc1-c1cccs1)C1CCOCC1. The molecule has 4 heteroatoms. The van der Waals surface area contributed by atoms with E-state index in [4.69, 9.17) is 4.74 Å². The zero-order chi connectivity index (χ0) is 13.8. The molecule has 0 saturated carbocycles. The number of rotatable bonds is 3. The second-order valence-corrected chi connectivity index (χ2v) is 5.85. The second kappa shape index (κ2) is 6.20. The lowest BCUT2D eigenvalue weighted by Gasteiger charge is -2.21. The van der Waals surface area contributed by atoms with Gasteiger partial charge in [-0.2, -0.15) is 0 Å². The topological polar surface area (TPSA) is 38.3 Å². The monoisotopic (exact) mass is 287 g/mol. The van der Waals surface area contributed by atoms with Gasteiger partial charge in [-0.25, -0.2) is 0 Å². The molecule has 104 valence electrons. The lowest BCUT2D eigenvalue weighted by Crippen LogP contribution is -2.28. The summed E-state index contributed by atoms with van der Waals surface area (Å²) >= 11 is 1.68. The molecule has 3 nitrogen and oxygen atoms in total. The lowest BCUT2D eigenvalue weighted by molar-refractivity contribution is -0.122. The lowest BCUT2D eigenvalue weighted by atomic mass is 9.99. The Hall–Kier alpha value is -1.65. The Bertz CT molecular complexity index is 574. The van der Waals surface area contributed by atoms with Gasteiger partial charge in [0.1, 0.15) is 0 Å². The number of amides is 1. The average molecular weight is 287 g/mol. The Balaban J connectivity index is 1.79. The van der Waals surface area contributed by atoms with Crippen LogP contribution in [0.4, 0.5) is 5.69 Å². The van der Waals surface area contributed by atoms with E-state index in [2.05, 4.69) is 11.4 Å². The Labute approximate surface area is 122 Å². The maximum Gasteiger partial charge on any atom is 0.227 e. The van der Waals surface area contributed by atoms with Crippen LogP contribution >= 0.6 is 11.3 Å². The van der Waals surface area contributed by atoms with E-state index in [0.29, 0.717) is 13.2 Å². The molecule has 2 heterocycles. The van der Waals surface area contributed by atoms with Crippen LogP contribution in [-0.2, 0) is 9.53 Å². The molecule has 0 spiro atoms. The van der Waals surface area contributed by atoms with Gasteiger partial charge >= 0.3 is 0 Å². The standard InChI is InChI=1S/C16H17NO2S/c18-16(12-7-9-19-10-8-12)17-14-5-2-1-4-13(14)15-6-3-11-20-15/h1-6,11-12H,7-10H2,(H,17,18). The fourth-order valence-corrected chi connectivity index (χ4v) is 3.20. The van der Waals surface area contributed by atoms with Gasteiger partial charge in [0.25, 0.3) is 0 Å². The summed E-state index contributed by atoms with van der Waals surface area (Å²) < 4.78 is 5.30. The third kappa shape index (κ3) is 2.92. The summed E-state index contributed by atoms with van der Waals surface area (Å²) in [6.45, 7) is 1.37. The summed E-state index contributed by atoms with van der Waals surface area (Å²) in [5.74, 6) is 0.178. The minimum atomic E-state index is 0.0696. The molecule has 1 saturated heterocycles. The molecular formula is C16H17NO2S. The van der Waals surface area contributed by atoms with Crippen LogP contribution in [-0.4, -0.2) is 19.1 Å². The zero-order valence-corrected chi connectivity index (χ0v) is 12.0. The van der Waals surface area contributed by atoms with Crippen LogP contribution in [0, 0.1) is 5.92 Å². The Kier molecular flexibility index (Phi) is 4.14. The highest BCUT2D eigenvalue weighted by atomic mass is 32.1. The number of para-hydroxylation sites is 1. The predicted molar refractivity (Wildman–Crippen MR) is 81.9 cm³/mol. The number of nitrogens with one attached hydrogen (secondary N) is 1. The van der Waals surface area contributed by atoms with Gasteiger partial charge in [0.2, 0.25) is 5.91 Å². The van der Waals surface area contributed by atoms with Gasteiger partial charge in [-0.15, -0.1) is 11.3 Å². The van der Waals surface area contributed by atoms with Crippen molar-refractivity contribution in [2.75, 3.05) is 18.5 Å². The van der Waals surface area contributed by atoms with E-state index in [1.54, 1.807) is 11.3 Å². The van der Waals surface area contributed by atoms with E-state index < -0.39 is 0 Å². The van der Waals surface area contributed by atoms with E-state index in [1.807, 2.05) is 35.7 Å². The number of ether oxygens (including phenoxy) is 1. The molecule has 1 N–H and O–H groups in total. The number of hydrogen-bond donors (Lipinski definition) is 1. The van der Waals surface area contributed by atoms with Crippen LogP contribution in [0.1, 0.15) is 12.8 Å². The highest BCUT2D eigenvalue weighted by Gasteiger charge is 2.22. The van der Waals surface area contributed by atoms with Crippen LogP contribution in [0.3, 0.4) is 0 Å². The molecule has 20 heavy (non-hydrogen) atoms. The average Bonchev–Trinajstić information content (AvgIpc) is 3.03. The summed E-state index contributed by atoms with van der Waals surface area (Å²) in [5, 5.41) is 5.13. The van der Waals surface area contributed by atoms with Gasteiger partial charge in [-0.1, -0.05) is 24.3 Å². The number of carbonyl (C=O) groups excluding carboxylic acids is 1. The molecule has 1 aromatic heterocycles. The summed E-state index contributed by atoms with van der Waals surface area (Å²) in [7, 11) is 0. The Morgan fingerprint density at radius 3 is 2.70 bits per heavy atom. The van der Waals surface area contributed by atoms with Gasteiger partial charge in [0, 0.05) is 35.3 Å². The third-order valence-corrected chi connectivity index (χ3v) is 4.47. The first kappa shape index (κ1) is 13.3. The maximum atomic E-state index is 12.3. The van der Waals surface area contributed by atoms with Crippen molar-refractivity contribution in [2.45, 2.75) is 12.8 Å². The molecule has 0 aliphatic carbocycles. The minimum Gasteiger partial charge on any atom is -0.381 e. The molecular weight excluding hydrogens is 270 g/mol. The molecule has 0 radical (unpaired) electrons. The predicted octanol–water partition coefficient (Wildman–Crippen LogP) is 3.78. The molecule has 0 bridgehead atoms. The molecule has 3 rings (SSSR count). The van der Waals surface area contributed by atoms with Crippen LogP contribution in [0.25, 0.3) is 10.4 Å². The number of thiophene rings is 1. The Morgan fingerprint density at radius 1 is 1.15 bits per heavy atom.